The van der Waals surface area contributed by atoms with Crippen LogP contribution in [0.3, 0.4) is 0 Å². The van der Waals surface area contributed by atoms with Gasteiger partial charge in [-0.2, -0.15) is 0 Å². The van der Waals surface area contributed by atoms with Gasteiger partial charge in [0.25, 0.3) is 0 Å². The monoisotopic (exact) mass is 214 g/mol. The summed E-state index contributed by atoms with van der Waals surface area (Å²) in [7, 11) is 0. The summed E-state index contributed by atoms with van der Waals surface area (Å²) in [5, 5.41) is 9.09. The number of carboxylic acid groups (broad SMARTS) is 1. The maximum atomic E-state index is 10.5. The first kappa shape index (κ1) is 10.9. The van der Waals surface area contributed by atoms with E-state index in [2.05, 4.69) is 0 Å². The molecule has 4 heteroatoms. The highest BCUT2D eigenvalue weighted by Gasteiger charge is 2.14. The smallest absolute Gasteiger partial charge is 0.344 e. The van der Waals surface area contributed by atoms with E-state index < -0.39 is 12.1 Å². The predicted molar refractivity (Wildman–Crippen MR) is 53.9 cm³/mol. The van der Waals surface area contributed by atoms with Crippen LogP contribution < -0.4 is 4.74 Å². The van der Waals surface area contributed by atoms with Gasteiger partial charge in [-0.3, -0.25) is 0 Å². The van der Waals surface area contributed by atoms with Crippen LogP contribution in [-0.4, -0.2) is 17.2 Å². The Balaban J connectivity index is 2.87. The zero-order valence-electron chi connectivity index (χ0n) is 7.95. The van der Waals surface area contributed by atoms with E-state index in [9.17, 15) is 4.79 Å². The molecule has 0 aliphatic rings. The van der Waals surface area contributed by atoms with Crippen LogP contribution >= 0.6 is 11.6 Å². The Morgan fingerprint density at radius 1 is 1.57 bits per heavy atom. The molecule has 0 bridgehead atoms. The van der Waals surface area contributed by atoms with E-state index >= 15 is 0 Å². The van der Waals surface area contributed by atoms with Crippen LogP contribution in [0.15, 0.2) is 18.2 Å². The molecule has 0 aliphatic carbocycles. The first-order chi connectivity index (χ1) is 6.52. The van der Waals surface area contributed by atoms with Gasteiger partial charge in [0.15, 0.2) is 6.10 Å². The Bertz CT molecular complexity index is 349. The lowest BCUT2D eigenvalue weighted by Crippen LogP contribution is -2.23. The van der Waals surface area contributed by atoms with E-state index in [0.29, 0.717) is 10.8 Å². The van der Waals surface area contributed by atoms with Crippen molar-refractivity contribution in [3.8, 4) is 5.75 Å². The fraction of sp³-hybridized carbons (Fsp3) is 0.300. The van der Waals surface area contributed by atoms with Crippen LogP contribution in [0.4, 0.5) is 0 Å². The van der Waals surface area contributed by atoms with Crippen LogP contribution in [0, 0.1) is 6.92 Å². The maximum absolute atomic E-state index is 10.5. The molecule has 14 heavy (non-hydrogen) atoms. The van der Waals surface area contributed by atoms with Crippen molar-refractivity contribution in [2.45, 2.75) is 20.0 Å². The standard InChI is InChI=1S/C10H11ClO3/c1-6-4-3-5-8(9(6)11)14-7(2)10(12)13/h3-5,7H,1-2H3,(H,12,13)/t7-/m1/s1. The van der Waals surface area contributed by atoms with Gasteiger partial charge in [0.2, 0.25) is 0 Å². The fourth-order valence-corrected chi connectivity index (χ4v) is 1.12. The lowest BCUT2D eigenvalue weighted by molar-refractivity contribution is -0.144. The number of halogens is 1. The highest BCUT2D eigenvalue weighted by atomic mass is 35.5. The lowest BCUT2D eigenvalue weighted by atomic mass is 10.2. The molecule has 0 amide bonds. The van der Waals surface area contributed by atoms with Crippen molar-refractivity contribution in [2.24, 2.45) is 0 Å². The summed E-state index contributed by atoms with van der Waals surface area (Å²) in [5.41, 5.74) is 0.863. The molecule has 1 N–H and O–H groups in total. The van der Waals surface area contributed by atoms with Gasteiger partial charge in [0.05, 0.1) is 5.02 Å². The number of benzene rings is 1. The van der Waals surface area contributed by atoms with Crippen molar-refractivity contribution in [3.63, 3.8) is 0 Å². The second kappa shape index (κ2) is 4.33. The van der Waals surface area contributed by atoms with Crippen molar-refractivity contribution >= 4 is 17.6 Å². The summed E-state index contributed by atoms with van der Waals surface area (Å²) in [6.45, 7) is 3.29. The molecule has 0 saturated carbocycles. The maximum Gasteiger partial charge on any atom is 0.344 e. The number of hydrogen-bond acceptors (Lipinski definition) is 2. The van der Waals surface area contributed by atoms with E-state index in [1.807, 2.05) is 13.0 Å². The third-order valence-electron chi connectivity index (χ3n) is 1.81. The Morgan fingerprint density at radius 3 is 2.79 bits per heavy atom. The first-order valence-corrected chi connectivity index (χ1v) is 4.54. The van der Waals surface area contributed by atoms with Crippen molar-refractivity contribution in [3.05, 3.63) is 28.8 Å². The van der Waals surface area contributed by atoms with E-state index in [4.69, 9.17) is 21.4 Å². The van der Waals surface area contributed by atoms with Gasteiger partial charge in [0.1, 0.15) is 5.75 Å². The van der Waals surface area contributed by atoms with Crippen LogP contribution in [0.5, 0.6) is 5.75 Å². The fourth-order valence-electron chi connectivity index (χ4n) is 0.952. The van der Waals surface area contributed by atoms with Crippen LogP contribution in [0.1, 0.15) is 12.5 Å². The third kappa shape index (κ3) is 2.39. The van der Waals surface area contributed by atoms with Gasteiger partial charge >= 0.3 is 5.97 Å². The second-order valence-electron chi connectivity index (χ2n) is 2.99. The summed E-state index contributed by atoms with van der Waals surface area (Å²) in [6.07, 6.45) is -0.894. The zero-order chi connectivity index (χ0) is 10.7. The number of ether oxygens (including phenoxy) is 1. The lowest BCUT2D eigenvalue weighted by Gasteiger charge is -2.12. The van der Waals surface area contributed by atoms with Gasteiger partial charge in [-0.05, 0) is 25.5 Å². The summed E-state index contributed by atoms with van der Waals surface area (Å²) in [4.78, 5) is 10.5. The highest BCUT2D eigenvalue weighted by Crippen LogP contribution is 2.28. The topological polar surface area (TPSA) is 46.5 Å². The molecule has 0 aliphatic heterocycles. The number of aryl methyl sites for hydroxylation is 1. The summed E-state index contributed by atoms with van der Waals surface area (Å²) < 4.78 is 5.16. The number of carboxylic acids is 1. The number of rotatable bonds is 3. The molecule has 1 aromatic rings. The molecule has 1 aromatic carbocycles. The van der Waals surface area contributed by atoms with E-state index in [0.717, 1.165) is 5.56 Å². The summed E-state index contributed by atoms with van der Waals surface area (Å²) >= 11 is 5.92. The van der Waals surface area contributed by atoms with Crippen molar-refractivity contribution in [2.75, 3.05) is 0 Å². The zero-order valence-corrected chi connectivity index (χ0v) is 8.71. The van der Waals surface area contributed by atoms with E-state index in [-0.39, 0.29) is 0 Å². The minimum Gasteiger partial charge on any atom is -0.479 e. The Morgan fingerprint density at radius 2 is 2.21 bits per heavy atom. The van der Waals surface area contributed by atoms with Gasteiger partial charge < -0.3 is 9.84 Å². The summed E-state index contributed by atoms with van der Waals surface area (Å²) in [5.74, 6) is -0.607. The quantitative estimate of drug-likeness (QED) is 0.841. The molecule has 0 fully saturated rings. The number of hydrogen-bond donors (Lipinski definition) is 1. The highest BCUT2D eigenvalue weighted by molar-refractivity contribution is 6.32. The predicted octanol–water partition coefficient (Wildman–Crippen LogP) is 2.50. The molecule has 1 atom stereocenters. The van der Waals surface area contributed by atoms with E-state index in [1.54, 1.807) is 12.1 Å². The van der Waals surface area contributed by atoms with Crippen molar-refractivity contribution in [1.82, 2.24) is 0 Å². The SMILES string of the molecule is Cc1cccc(O[C@H](C)C(=O)O)c1Cl. The van der Waals surface area contributed by atoms with Crippen molar-refractivity contribution in [1.29, 1.82) is 0 Å². The average Bonchev–Trinajstić information content (AvgIpc) is 2.12. The molecule has 0 heterocycles. The molecule has 0 saturated heterocycles. The van der Waals surface area contributed by atoms with Gasteiger partial charge in [-0.15, -0.1) is 0 Å². The molecule has 0 spiro atoms. The molecule has 3 nitrogen and oxygen atoms in total. The van der Waals surface area contributed by atoms with Crippen LogP contribution in [0.2, 0.25) is 5.02 Å². The third-order valence-corrected chi connectivity index (χ3v) is 2.29. The Labute approximate surface area is 87.3 Å². The number of carbonyl (C=O) groups is 1. The molecule has 0 unspecified atom stereocenters. The van der Waals surface area contributed by atoms with Crippen LogP contribution in [0.25, 0.3) is 0 Å². The van der Waals surface area contributed by atoms with Crippen molar-refractivity contribution < 1.29 is 14.6 Å². The van der Waals surface area contributed by atoms with Crippen LogP contribution in [-0.2, 0) is 4.79 Å². The second-order valence-corrected chi connectivity index (χ2v) is 3.36. The number of aliphatic carboxylic acids is 1. The molecule has 76 valence electrons. The molecule has 0 radical (unpaired) electrons. The molecule has 0 aromatic heterocycles. The van der Waals surface area contributed by atoms with E-state index in [1.165, 1.54) is 6.92 Å². The minimum atomic E-state index is -1.01. The Hall–Kier alpha value is -1.22. The minimum absolute atomic E-state index is 0.404. The first-order valence-electron chi connectivity index (χ1n) is 4.17. The molecular weight excluding hydrogens is 204 g/mol. The molecular formula is C10H11ClO3. The Kier molecular flexibility index (Phi) is 3.36. The van der Waals surface area contributed by atoms with Gasteiger partial charge in [-0.1, -0.05) is 23.7 Å². The summed E-state index contributed by atoms with van der Waals surface area (Å²) in [6, 6.07) is 5.25. The van der Waals surface area contributed by atoms with Gasteiger partial charge in [-0.25, -0.2) is 4.79 Å². The largest absolute Gasteiger partial charge is 0.479 e. The normalized spacial score (nSPS) is 12.2. The van der Waals surface area contributed by atoms with Gasteiger partial charge in [0, 0.05) is 0 Å². The molecule has 1 rings (SSSR count). The average molecular weight is 215 g/mol.